The molecule has 0 spiro atoms. The highest BCUT2D eigenvalue weighted by atomic mass is 16.5. The van der Waals surface area contributed by atoms with Gasteiger partial charge in [-0.05, 0) is 24.1 Å². The minimum absolute atomic E-state index is 0.109. The van der Waals surface area contributed by atoms with Crippen LogP contribution in [0.1, 0.15) is 37.0 Å². The van der Waals surface area contributed by atoms with Gasteiger partial charge in [-0.2, -0.15) is 0 Å². The molecule has 0 fully saturated rings. The number of hydrogen-bond acceptors (Lipinski definition) is 2. The average Bonchev–Trinajstić information content (AvgIpc) is 2.35. The average molecular weight is 218 g/mol. The number of ketones is 1. The van der Waals surface area contributed by atoms with Gasteiger partial charge in [0, 0.05) is 6.42 Å². The lowest BCUT2D eigenvalue weighted by Crippen LogP contribution is -2.05. The molecule has 2 nitrogen and oxygen atoms in total. The molecule has 0 radical (unpaired) electrons. The monoisotopic (exact) mass is 218 g/mol. The van der Waals surface area contributed by atoms with E-state index in [2.05, 4.69) is 6.58 Å². The Morgan fingerprint density at radius 3 is 2.56 bits per heavy atom. The normalized spacial score (nSPS) is 9.88. The molecule has 0 aliphatic rings. The van der Waals surface area contributed by atoms with Crippen LogP contribution < -0.4 is 4.74 Å². The van der Waals surface area contributed by atoms with Gasteiger partial charge in [0.2, 0.25) is 0 Å². The second kappa shape index (κ2) is 6.11. The molecule has 0 atom stereocenters. The van der Waals surface area contributed by atoms with Gasteiger partial charge in [0.1, 0.15) is 12.4 Å². The minimum Gasteiger partial charge on any atom is -0.489 e. The van der Waals surface area contributed by atoms with Crippen molar-refractivity contribution in [3.8, 4) is 5.75 Å². The molecule has 86 valence electrons. The third kappa shape index (κ3) is 3.23. The molecule has 1 aromatic rings. The predicted octanol–water partition coefficient (Wildman–Crippen LogP) is 3.62. The molecule has 1 rings (SSSR count). The van der Waals surface area contributed by atoms with Crippen molar-refractivity contribution in [1.82, 2.24) is 0 Å². The van der Waals surface area contributed by atoms with Gasteiger partial charge in [-0.25, -0.2) is 0 Å². The van der Waals surface area contributed by atoms with Crippen molar-refractivity contribution in [2.75, 3.05) is 6.61 Å². The van der Waals surface area contributed by atoms with Crippen molar-refractivity contribution in [1.29, 1.82) is 0 Å². The summed E-state index contributed by atoms with van der Waals surface area (Å²) in [6.45, 7) is 8.24. The van der Waals surface area contributed by atoms with Crippen LogP contribution in [0.2, 0.25) is 0 Å². The van der Waals surface area contributed by atoms with E-state index in [9.17, 15) is 4.79 Å². The van der Waals surface area contributed by atoms with Gasteiger partial charge in [-0.15, -0.1) is 0 Å². The highest BCUT2D eigenvalue weighted by Gasteiger charge is 2.09. The van der Waals surface area contributed by atoms with Crippen molar-refractivity contribution in [2.24, 2.45) is 0 Å². The molecule has 2 heteroatoms. The standard InChI is InChI=1S/C14H18O2/c1-4-11(3)10-16-14-9-7-6-8-12(14)13(15)5-2/h6-9H,3-5,10H2,1-2H3. The molecular formula is C14H18O2. The Morgan fingerprint density at radius 1 is 1.25 bits per heavy atom. The van der Waals surface area contributed by atoms with Gasteiger partial charge in [0.25, 0.3) is 0 Å². The van der Waals surface area contributed by atoms with Crippen molar-refractivity contribution < 1.29 is 9.53 Å². The summed E-state index contributed by atoms with van der Waals surface area (Å²) in [5, 5.41) is 0. The first kappa shape index (κ1) is 12.5. The van der Waals surface area contributed by atoms with E-state index in [1.54, 1.807) is 6.07 Å². The zero-order valence-corrected chi connectivity index (χ0v) is 9.95. The highest BCUT2D eigenvalue weighted by molar-refractivity contribution is 5.98. The number of benzene rings is 1. The highest BCUT2D eigenvalue weighted by Crippen LogP contribution is 2.20. The van der Waals surface area contributed by atoms with Gasteiger partial charge in [-0.3, -0.25) is 4.79 Å². The number of rotatable bonds is 6. The van der Waals surface area contributed by atoms with E-state index in [-0.39, 0.29) is 5.78 Å². The van der Waals surface area contributed by atoms with Crippen LogP contribution in [-0.4, -0.2) is 12.4 Å². The Balaban J connectivity index is 2.79. The van der Waals surface area contributed by atoms with Crippen molar-refractivity contribution in [3.05, 3.63) is 42.0 Å². The lowest BCUT2D eigenvalue weighted by atomic mass is 10.1. The van der Waals surface area contributed by atoms with Gasteiger partial charge in [0.15, 0.2) is 5.78 Å². The molecular weight excluding hydrogens is 200 g/mol. The molecule has 0 aromatic heterocycles. The van der Waals surface area contributed by atoms with E-state index in [0.717, 1.165) is 12.0 Å². The fourth-order valence-electron chi connectivity index (χ4n) is 1.30. The molecule has 0 unspecified atom stereocenters. The fraction of sp³-hybridized carbons (Fsp3) is 0.357. The minimum atomic E-state index is 0.109. The molecule has 0 amide bonds. The Bertz CT molecular complexity index is 380. The van der Waals surface area contributed by atoms with Crippen LogP contribution in [0.15, 0.2) is 36.4 Å². The Labute approximate surface area is 96.9 Å². The van der Waals surface area contributed by atoms with Crippen molar-refractivity contribution in [3.63, 3.8) is 0 Å². The first-order valence-electron chi connectivity index (χ1n) is 5.60. The lowest BCUT2D eigenvalue weighted by molar-refractivity contribution is 0.0984. The Kier molecular flexibility index (Phi) is 4.77. The van der Waals surface area contributed by atoms with Crippen LogP contribution >= 0.6 is 0 Å². The van der Waals surface area contributed by atoms with Gasteiger partial charge >= 0.3 is 0 Å². The van der Waals surface area contributed by atoms with Gasteiger partial charge in [-0.1, -0.05) is 32.6 Å². The van der Waals surface area contributed by atoms with E-state index in [4.69, 9.17) is 4.74 Å². The maximum atomic E-state index is 11.6. The molecule has 0 saturated heterocycles. The Hall–Kier alpha value is -1.57. The van der Waals surface area contributed by atoms with Crippen LogP contribution in [0.25, 0.3) is 0 Å². The van der Waals surface area contributed by atoms with E-state index >= 15 is 0 Å². The SMILES string of the molecule is C=C(CC)COc1ccccc1C(=O)CC. The molecule has 16 heavy (non-hydrogen) atoms. The molecule has 0 aliphatic carbocycles. The number of hydrogen-bond donors (Lipinski definition) is 0. The number of ether oxygens (including phenoxy) is 1. The van der Waals surface area contributed by atoms with Gasteiger partial charge < -0.3 is 4.74 Å². The summed E-state index contributed by atoms with van der Waals surface area (Å²) in [5.41, 5.74) is 1.69. The maximum absolute atomic E-state index is 11.6. The zero-order valence-electron chi connectivity index (χ0n) is 9.95. The van der Waals surface area contributed by atoms with Crippen molar-refractivity contribution >= 4 is 5.78 Å². The molecule has 0 N–H and O–H groups in total. The first-order chi connectivity index (χ1) is 7.69. The zero-order chi connectivity index (χ0) is 12.0. The molecule has 0 saturated carbocycles. The van der Waals surface area contributed by atoms with E-state index < -0.39 is 0 Å². The maximum Gasteiger partial charge on any atom is 0.166 e. The van der Waals surface area contributed by atoms with Crippen LogP contribution in [-0.2, 0) is 0 Å². The smallest absolute Gasteiger partial charge is 0.166 e. The van der Waals surface area contributed by atoms with Crippen LogP contribution in [0, 0.1) is 0 Å². The molecule has 0 heterocycles. The summed E-state index contributed by atoms with van der Waals surface area (Å²) < 4.78 is 5.59. The lowest BCUT2D eigenvalue weighted by Gasteiger charge is -2.10. The number of para-hydroxylation sites is 1. The van der Waals surface area contributed by atoms with Crippen LogP contribution in [0.3, 0.4) is 0 Å². The fourth-order valence-corrected chi connectivity index (χ4v) is 1.30. The summed E-state index contributed by atoms with van der Waals surface area (Å²) in [6.07, 6.45) is 1.39. The number of Topliss-reactive ketones (excluding diaryl/α,β-unsaturated/α-hetero) is 1. The first-order valence-corrected chi connectivity index (χ1v) is 5.60. The number of carbonyl (C=O) groups is 1. The summed E-state index contributed by atoms with van der Waals surface area (Å²) in [6, 6.07) is 7.35. The third-order valence-electron chi connectivity index (χ3n) is 2.44. The van der Waals surface area contributed by atoms with E-state index in [1.165, 1.54) is 0 Å². The summed E-state index contributed by atoms with van der Waals surface area (Å²) in [5.74, 6) is 0.765. The third-order valence-corrected chi connectivity index (χ3v) is 2.44. The summed E-state index contributed by atoms with van der Waals surface area (Å²) in [4.78, 5) is 11.6. The number of carbonyl (C=O) groups excluding carboxylic acids is 1. The van der Waals surface area contributed by atoms with Gasteiger partial charge in [0.05, 0.1) is 5.56 Å². The largest absolute Gasteiger partial charge is 0.489 e. The molecule has 0 aliphatic heterocycles. The van der Waals surface area contributed by atoms with Crippen LogP contribution in [0.5, 0.6) is 5.75 Å². The quantitative estimate of drug-likeness (QED) is 0.538. The summed E-state index contributed by atoms with van der Waals surface area (Å²) >= 11 is 0. The Morgan fingerprint density at radius 2 is 1.94 bits per heavy atom. The molecule has 0 bridgehead atoms. The summed E-state index contributed by atoms with van der Waals surface area (Å²) in [7, 11) is 0. The van der Waals surface area contributed by atoms with Crippen LogP contribution in [0.4, 0.5) is 0 Å². The molecule has 1 aromatic carbocycles. The second-order valence-electron chi connectivity index (χ2n) is 3.67. The van der Waals surface area contributed by atoms with Crippen molar-refractivity contribution in [2.45, 2.75) is 26.7 Å². The van der Waals surface area contributed by atoms with E-state index in [1.807, 2.05) is 32.0 Å². The second-order valence-corrected chi connectivity index (χ2v) is 3.67. The van der Waals surface area contributed by atoms with E-state index in [0.29, 0.717) is 24.3 Å². The predicted molar refractivity (Wildman–Crippen MR) is 66.0 cm³/mol. The topological polar surface area (TPSA) is 26.3 Å².